The van der Waals surface area contributed by atoms with Crippen molar-refractivity contribution in [3.63, 3.8) is 0 Å². The summed E-state index contributed by atoms with van der Waals surface area (Å²) >= 11 is 0. The molecule has 98 valence electrons. The Labute approximate surface area is 121 Å². The maximum atomic E-state index is 9.06. The van der Waals surface area contributed by atoms with Crippen LogP contribution in [0, 0.1) is 11.3 Å². The molecule has 0 unspecified atom stereocenters. The van der Waals surface area contributed by atoms with Gasteiger partial charge in [-0.3, -0.25) is 5.10 Å². The predicted molar refractivity (Wildman–Crippen MR) is 83.8 cm³/mol. The molecule has 0 saturated carbocycles. The first-order valence-electron chi connectivity index (χ1n) is 6.72. The van der Waals surface area contributed by atoms with E-state index in [1.807, 2.05) is 24.3 Å². The zero-order valence-corrected chi connectivity index (χ0v) is 11.2. The van der Waals surface area contributed by atoms with Crippen LogP contribution in [0.25, 0.3) is 32.9 Å². The highest BCUT2D eigenvalue weighted by Crippen LogP contribution is 2.29. The van der Waals surface area contributed by atoms with E-state index in [1.165, 1.54) is 10.8 Å². The molecule has 0 atom stereocenters. The van der Waals surface area contributed by atoms with Gasteiger partial charge in [-0.1, -0.05) is 36.4 Å². The number of fused-ring (bicyclic) bond motifs is 2. The Hall–Kier alpha value is -3.12. The number of nitrogens with one attached hydrogen (secondary N) is 1. The second-order valence-corrected chi connectivity index (χ2v) is 5.01. The molecule has 3 nitrogen and oxygen atoms in total. The van der Waals surface area contributed by atoms with Crippen molar-refractivity contribution in [2.75, 3.05) is 0 Å². The number of rotatable bonds is 1. The van der Waals surface area contributed by atoms with E-state index in [0.29, 0.717) is 5.56 Å². The van der Waals surface area contributed by atoms with Crippen LogP contribution in [0.1, 0.15) is 5.56 Å². The SMILES string of the molecule is N#Cc1ccc2[nH]nc(-c3ccc4ccccc4c3)c2c1. The first-order valence-corrected chi connectivity index (χ1v) is 6.72. The van der Waals surface area contributed by atoms with E-state index in [-0.39, 0.29) is 0 Å². The molecule has 0 aliphatic heterocycles. The van der Waals surface area contributed by atoms with E-state index < -0.39 is 0 Å². The van der Waals surface area contributed by atoms with Crippen LogP contribution in [0.15, 0.2) is 60.7 Å². The fraction of sp³-hybridized carbons (Fsp3) is 0. The monoisotopic (exact) mass is 269 g/mol. The summed E-state index contributed by atoms with van der Waals surface area (Å²) in [6.45, 7) is 0. The van der Waals surface area contributed by atoms with E-state index in [1.54, 1.807) is 6.07 Å². The Kier molecular flexibility index (Phi) is 2.48. The van der Waals surface area contributed by atoms with Crippen LogP contribution in [0.5, 0.6) is 0 Å². The summed E-state index contributed by atoms with van der Waals surface area (Å²) in [4.78, 5) is 0. The highest BCUT2D eigenvalue weighted by Gasteiger charge is 2.09. The summed E-state index contributed by atoms with van der Waals surface area (Å²) in [5.41, 5.74) is 3.52. The molecule has 0 bridgehead atoms. The summed E-state index contributed by atoms with van der Waals surface area (Å²) < 4.78 is 0. The van der Waals surface area contributed by atoms with Gasteiger partial charge in [-0.15, -0.1) is 0 Å². The lowest BCUT2D eigenvalue weighted by Gasteiger charge is -2.02. The van der Waals surface area contributed by atoms with Crippen molar-refractivity contribution in [1.29, 1.82) is 5.26 Å². The molecule has 0 aliphatic rings. The molecule has 4 rings (SSSR count). The van der Waals surface area contributed by atoms with Gasteiger partial charge in [-0.25, -0.2) is 0 Å². The number of nitrogens with zero attached hydrogens (tertiary/aromatic N) is 2. The summed E-state index contributed by atoms with van der Waals surface area (Å²) in [5.74, 6) is 0. The van der Waals surface area contributed by atoms with Crippen molar-refractivity contribution in [2.45, 2.75) is 0 Å². The van der Waals surface area contributed by atoms with Gasteiger partial charge in [0.15, 0.2) is 0 Å². The van der Waals surface area contributed by atoms with Crippen LogP contribution in [0.3, 0.4) is 0 Å². The van der Waals surface area contributed by atoms with Crippen LogP contribution >= 0.6 is 0 Å². The summed E-state index contributed by atoms with van der Waals surface area (Å²) in [6.07, 6.45) is 0. The van der Waals surface area contributed by atoms with Gasteiger partial charge in [0.25, 0.3) is 0 Å². The summed E-state index contributed by atoms with van der Waals surface area (Å²) in [6, 6.07) is 22.3. The van der Waals surface area contributed by atoms with Crippen LogP contribution < -0.4 is 0 Å². The first kappa shape index (κ1) is 11.7. The second-order valence-electron chi connectivity index (χ2n) is 5.01. The van der Waals surface area contributed by atoms with Crippen molar-refractivity contribution in [1.82, 2.24) is 10.2 Å². The number of aromatic amines is 1. The minimum Gasteiger partial charge on any atom is -0.277 e. The van der Waals surface area contributed by atoms with Gasteiger partial charge in [0.1, 0.15) is 0 Å². The standard InChI is InChI=1S/C18H11N3/c19-11-12-5-8-17-16(9-12)18(21-20-17)15-7-6-13-3-1-2-4-14(13)10-15/h1-10H,(H,20,21). The molecule has 21 heavy (non-hydrogen) atoms. The molecule has 1 heterocycles. The van der Waals surface area contributed by atoms with Crippen LogP contribution in [-0.4, -0.2) is 10.2 Å². The maximum absolute atomic E-state index is 9.06. The lowest BCUT2D eigenvalue weighted by Crippen LogP contribution is -1.81. The zero-order valence-electron chi connectivity index (χ0n) is 11.2. The predicted octanol–water partition coefficient (Wildman–Crippen LogP) is 4.25. The average molecular weight is 269 g/mol. The molecule has 1 N–H and O–H groups in total. The zero-order chi connectivity index (χ0) is 14.2. The average Bonchev–Trinajstić information content (AvgIpc) is 2.97. The highest BCUT2D eigenvalue weighted by atomic mass is 15.1. The topological polar surface area (TPSA) is 52.5 Å². The van der Waals surface area contributed by atoms with Gasteiger partial charge < -0.3 is 0 Å². The molecule has 0 amide bonds. The minimum atomic E-state index is 0.644. The Morgan fingerprint density at radius 2 is 1.76 bits per heavy atom. The highest BCUT2D eigenvalue weighted by molar-refractivity contribution is 5.96. The molecule has 0 fully saturated rings. The Morgan fingerprint density at radius 3 is 2.62 bits per heavy atom. The van der Waals surface area contributed by atoms with Crippen molar-refractivity contribution in [3.8, 4) is 17.3 Å². The molecule has 1 aromatic heterocycles. The fourth-order valence-corrected chi connectivity index (χ4v) is 2.64. The van der Waals surface area contributed by atoms with Gasteiger partial charge >= 0.3 is 0 Å². The van der Waals surface area contributed by atoms with Crippen LogP contribution in [0.4, 0.5) is 0 Å². The Balaban J connectivity index is 1.97. The largest absolute Gasteiger partial charge is 0.277 e. The number of H-pyrrole nitrogens is 1. The summed E-state index contributed by atoms with van der Waals surface area (Å²) in [7, 11) is 0. The maximum Gasteiger partial charge on any atom is 0.1000 e. The second kappa shape index (κ2) is 4.46. The number of benzene rings is 3. The van der Waals surface area contributed by atoms with Gasteiger partial charge in [-0.2, -0.15) is 10.4 Å². The van der Waals surface area contributed by atoms with Crippen LogP contribution in [0.2, 0.25) is 0 Å². The third kappa shape index (κ3) is 1.86. The van der Waals surface area contributed by atoms with E-state index in [9.17, 15) is 0 Å². The molecule has 4 aromatic rings. The van der Waals surface area contributed by atoms with Crippen molar-refractivity contribution in [2.24, 2.45) is 0 Å². The van der Waals surface area contributed by atoms with Gasteiger partial charge in [0.2, 0.25) is 0 Å². The third-order valence-corrected chi connectivity index (χ3v) is 3.71. The van der Waals surface area contributed by atoms with Gasteiger partial charge in [0, 0.05) is 10.9 Å². The molecular formula is C18H11N3. The molecule has 0 radical (unpaired) electrons. The molecule has 3 aromatic carbocycles. The number of hydrogen-bond acceptors (Lipinski definition) is 2. The van der Waals surface area contributed by atoms with E-state index in [0.717, 1.165) is 22.2 Å². The van der Waals surface area contributed by atoms with E-state index in [2.05, 4.69) is 46.6 Å². The van der Waals surface area contributed by atoms with Gasteiger partial charge in [0.05, 0.1) is 22.8 Å². The number of aromatic nitrogens is 2. The van der Waals surface area contributed by atoms with E-state index >= 15 is 0 Å². The van der Waals surface area contributed by atoms with Crippen molar-refractivity contribution < 1.29 is 0 Å². The molecular weight excluding hydrogens is 258 g/mol. The first-order chi connectivity index (χ1) is 10.3. The van der Waals surface area contributed by atoms with Crippen molar-refractivity contribution in [3.05, 3.63) is 66.2 Å². The number of nitriles is 1. The molecule has 0 spiro atoms. The minimum absolute atomic E-state index is 0.644. The smallest absolute Gasteiger partial charge is 0.1000 e. The molecule has 0 saturated heterocycles. The normalized spacial score (nSPS) is 10.8. The Bertz CT molecular complexity index is 1010. The quantitative estimate of drug-likeness (QED) is 0.561. The fourth-order valence-electron chi connectivity index (χ4n) is 2.64. The van der Waals surface area contributed by atoms with Gasteiger partial charge in [-0.05, 0) is 35.0 Å². The lowest BCUT2D eigenvalue weighted by atomic mass is 10.0. The molecule has 3 heteroatoms. The van der Waals surface area contributed by atoms with E-state index in [4.69, 9.17) is 5.26 Å². The van der Waals surface area contributed by atoms with Crippen LogP contribution in [-0.2, 0) is 0 Å². The van der Waals surface area contributed by atoms with Crippen molar-refractivity contribution >= 4 is 21.7 Å². The third-order valence-electron chi connectivity index (χ3n) is 3.71. The number of hydrogen-bond donors (Lipinski definition) is 1. The Morgan fingerprint density at radius 1 is 0.905 bits per heavy atom. The summed E-state index contributed by atoms with van der Waals surface area (Å²) in [5, 5.41) is 19.9. The lowest BCUT2D eigenvalue weighted by molar-refractivity contribution is 1.12. The molecule has 0 aliphatic carbocycles.